The van der Waals surface area contributed by atoms with Crippen LogP contribution in [0.15, 0.2) is 48.8 Å². The van der Waals surface area contributed by atoms with Gasteiger partial charge in [0.1, 0.15) is 0 Å². The third-order valence-electron chi connectivity index (χ3n) is 2.05. The Morgan fingerprint density at radius 2 is 2.13 bits per heavy atom. The number of hydrogen-bond donors (Lipinski definition) is 1. The van der Waals surface area contributed by atoms with E-state index in [-0.39, 0.29) is 0 Å². The van der Waals surface area contributed by atoms with Crippen LogP contribution in [-0.2, 0) is 6.54 Å². The molecule has 2 nitrogen and oxygen atoms in total. The highest BCUT2D eigenvalue weighted by Gasteiger charge is 1.94. The summed E-state index contributed by atoms with van der Waals surface area (Å²) >= 11 is 5.89. The highest BCUT2D eigenvalue weighted by molar-refractivity contribution is 6.30. The van der Waals surface area contributed by atoms with Gasteiger partial charge in [0, 0.05) is 24.0 Å². The molecule has 1 heterocycles. The first kappa shape index (κ1) is 9.99. The van der Waals surface area contributed by atoms with Crippen LogP contribution in [0.5, 0.6) is 0 Å². The fourth-order valence-corrected chi connectivity index (χ4v) is 1.53. The first-order valence-corrected chi connectivity index (χ1v) is 5.11. The lowest BCUT2D eigenvalue weighted by molar-refractivity contribution is 1.14. The highest BCUT2D eigenvalue weighted by Crippen LogP contribution is 2.12. The zero-order valence-corrected chi connectivity index (χ0v) is 8.91. The highest BCUT2D eigenvalue weighted by atomic mass is 35.5. The second-order valence-corrected chi connectivity index (χ2v) is 3.66. The van der Waals surface area contributed by atoms with Gasteiger partial charge in [-0.1, -0.05) is 23.7 Å². The summed E-state index contributed by atoms with van der Waals surface area (Å²) in [5.74, 6) is 0. The molecule has 76 valence electrons. The van der Waals surface area contributed by atoms with Crippen LogP contribution in [0.4, 0.5) is 5.69 Å². The summed E-state index contributed by atoms with van der Waals surface area (Å²) in [4.78, 5) is 4.03. The van der Waals surface area contributed by atoms with E-state index in [4.69, 9.17) is 11.6 Å². The van der Waals surface area contributed by atoms with Gasteiger partial charge in [0.2, 0.25) is 0 Å². The molecule has 1 N–H and O–H groups in total. The molecule has 0 fully saturated rings. The van der Waals surface area contributed by atoms with Crippen molar-refractivity contribution in [2.24, 2.45) is 0 Å². The van der Waals surface area contributed by atoms with Crippen molar-refractivity contribution in [2.45, 2.75) is 6.54 Å². The van der Waals surface area contributed by atoms with E-state index in [1.54, 1.807) is 12.4 Å². The van der Waals surface area contributed by atoms with E-state index in [0.717, 1.165) is 22.8 Å². The van der Waals surface area contributed by atoms with Crippen LogP contribution >= 0.6 is 11.6 Å². The minimum absolute atomic E-state index is 0.756. The Labute approximate surface area is 93.9 Å². The summed E-state index contributed by atoms with van der Waals surface area (Å²) in [5, 5.41) is 4.03. The van der Waals surface area contributed by atoms with Gasteiger partial charge in [-0.05, 0) is 29.8 Å². The average Bonchev–Trinajstić information content (AvgIpc) is 2.28. The number of rotatable bonds is 3. The van der Waals surface area contributed by atoms with Crippen molar-refractivity contribution >= 4 is 17.3 Å². The number of nitrogens with one attached hydrogen (secondary N) is 1. The molecule has 0 unspecified atom stereocenters. The second kappa shape index (κ2) is 4.80. The van der Waals surface area contributed by atoms with E-state index in [1.165, 1.54) is 0 Å². The Morgan fingerprint density at radius 1 is 1.20 bits per heavy atom. The molecular weight excluding hydrogens is 208 g/mol. The van der Waals surface area contributed by atoms with Crippen LogP contribution in [0.1, 0.15) is 5.56 Å². The first-order chi connectivity index (χ1) is 7.34. The molecule has 2 aromatic rings. The molecular formula is C12H11ClN2. The molecule has 1 aromatic heterocycles. The maximum Gasteiger partial charge on any atom is 0.0529 e. The topological polar surface area (TPSA) is 24.9 Å². The lowest BCUT2D eigenvalue weighted by Crippen LogP contribution is -1.99. The average molecular weight is 219 g/mol. The van der Waals surface area contributed by atoms with Crippen LogP contribution in [0.2, 0.25) is 5.02 Å². The summed E-state index contributed by atoms with van der Waals surface area (Å²) in [6.45, 7) is 0.756. The quantitative estimate of drug-likeness (QED) is 0.855. The Balaban J connectivity index is 1.99. The summed E-state index contributed by atoms with van der Waals surface area (Å²) in [6, 6.07) is 11.7. The minimum Gasteiger partial charge on any atom is -0.380 e. The van der Waals surface area contributed by atoms with Gasteiger partial charge in [0.25, 0.3) is 0 Å². The van der Waals surface area contributed by atoms with E-state index < -0.39 is 0 Å². The van der Waals surface area contributed by atoms with Crippen molar-refractivity contribution in [2.75, 3.05) is 5.32 Å². The van der Waals surface area contributed by atoms with E-state index in [2.05, 4.69) is 10.3 Å². The lowest BCUT2D eigenvalue weighted by atomic mass is 10.2. The van der Waals surface area contributed by atoms with Crippen LogP contribution in [-0.4, -0.2) is 4.98 Å². The van der Waals surface area contributed by atoms with Crippen molar-refractivity contribution in [3.8, 4) is 0 Å². The molecule has 0 saturated carbocycles. The maximum absolute atomic E-state index is 5.89. The summed E-state index contributed by atoms with van der Waals surface area (Å²) in [5.41, 5.74) is 2.17. The Bertz CT molecular complexity index is 429. The maximum atomic E-state index is 5.89. The SMILES string of the molecule is Clc1cccc(CNc2cccnc2)c1. The third kappa shape index (κ3) is 2.96. The smallest absolute Gasteiger partial charge is 0.0529 e. The van der Waals surface area contributed by atoms with Gasteiger partial charge >= 0.3 is 0 Å². The predicted octanol–water partition coefficient (Wildman–Crippen LogP) is 3.35. The molecule has 0 bridgehead atoms. The van der Waals surface area contributed by atoms with Gasteiger partial charge in [0.05, 0.1) is 5.69 Å². The molecule has 0 saturated heterocycles. The van der Waals surface area contributed by atoms with Gasteiger partial charge < -0.3 is 5.32 Å². The summed E-state index contributed by atoms with van der Waals surface area (Å²) in [7, 11) is 0. The van der Waals surface area contributed by atoms with E-state index in [1.807, 2.05) is 36.4 Å². The molecule has 0 spiro atoms. The first-order valence-electron chi connectivity index (χ1n) is 4.73. The Morgan fingerprint density at radius 3 is 2.87 bits per heavy atom. The molecule has 0 aliphatic heterocycles. The van der Waals surface area contributed by atoms with Crippen molar-refractivity contribution in [1.82, 2.24) is 4.98 Å². The standard InChI is InChI=1S/C12H11ClN2/c13-11-4-1-3-10(7-11)8-15-12-5-2-6-14-9-12/h1-7,9,15H,8H2. The molecule has 2 rings (SSSR count). The third-order valence-corrected chi connectivity index (χ3v) is 2.28. The molecule has 1 aromatic carbocycles. The fourth-order valence-electron chi connectivity index (χ4n) is 1.32. The molecule has 0 atom stereocenters. The number of nitrogens with zero attached hydrogens (tertiary/aromatic N) is 1. The number of halogens is 1. The van der Waals surface area contributed by atoms with Gasteiger partial charge in [-0.2, -0.15) is 0 Å². The van der Waals surface area contributed by atoms with Crippen molar-refractivity contribution in [3.63, 3.8) is 0 Å². The fraction of sp³-hybridized carbons (Fsp3) is 0.0833. The van der Waals surface area contributed by atoms with Gasteiger partial charge in [-0.15, -0.1) is 0 Å². The van der Waals surface area contributed by atoms with E-state index >= 15 is 0 Å². The zero-order chi connectivity index (χ0) is 10.5. The predicted molar refractivity (Wildman–Crippen MR) is 63.0 cm³/mol. The van der Waals surface area contributed by atoms with E-state index in [0.29, 0.717) is 0 Å². The number of aromatic nitrogens is 1. The van der Waals surface area contributed by atoms with Crippen LogP contribution in [0, 0.1) is 0 Å². The monoisotopic (exact) mass is 218 g/mol. The number of anilines is 1. The zero-order valence-electron chi connectivity index (χ0n) is 8.15. The van der Waals surface area contributed by atoms with Crippen molar-refractivity contribution < 1.29 is 0 Å². The van der Waals surface area contributed by atoms with Crippen molar-refractivity contribution in [1.29, 1.82) is 0 Å². The minimum atomic E-state index is 0.756. The van der Waals surface area contributed by atoms with Crippen LogP contribution in [0.3, 0.4) is 0 Å². The Kier molecular flexibility index (Phi) is 3.20. The van der Waals surface area contributed by atoms with Crippen LogP contribution in [0.25, 0.3) is 0 Å². The van der Waals surface area contributed by atoms with Crippen LogP contribution < -0.4 is 5.32 Å². The molecule has 0 aliphatic carbocycles. The molecule has 0 radical (unpaired) electrons. The number of hydrogen-bond acceptors (Lipinski definition) is 2. The molecule has 3 heteroatoms. The number of benzene rings is 1. The van der Waals surface area contributed by atoms with Gasteiger partial charge in [-0.25, -0.2) is 0 Å². The molecule has 0 aliphatic rings. The molecule has 15 heavy (non-hydrogen) atoms. The van der Waals surface area contributed by atoms with E-state index in [9.17, 15) is 0 Å². The lowest BCUT2D eigenvalue weighted by Gasteiger charge is -2.05. The molecule has 0 amide bonds. The largest absolute Gasteiger partial charge is 0.380 e. The van der Waals surface area contributed by atoms with Gasteiger partial charge in [0.15, 0.2) is 0 Å². The van der Waals surface area contributed by atoms with Gasteiger partial charge in [-0.3, -0.25) is 4.98 Å². The summed E-state index contributed by atoms with van der Waals surface area (Å²) < 4.78 is 0. The normalized spacial score (nSPS) is 9.93. The summed E-state index contributed by atoms with van der Waals surface area (Å²) in [6.07, 6.45) is 3.55. The Hall–Kier alpha value is -1.54. The number of pyridine rings is 1. The van der Waals surface area contributed by atoms with Crippen molar-refractivity contribution in [3.05, 3.63) is 59.4 Å². The second-order valence-electron chi connectivity index (χ2n) is 3.23.